The lowest BCUT2D eigenvalue weighted by Crippen LogP contribution is -2.61. The number of rotatable bonds is 9. The first-order valence-electron chi connectivity index (χ1n) is 11.9. The van der Waals surface area contributed by atoms with Crippen LogP contribution < -0.4 is 15.2 Å². The molecule has 35 heavy (non-hydrogen) atoms. The van der Waals surface area contributed by atoms with Crippen LogP contribution in [0, 0.1) is 0 Å². The second-order valence-electron chi connectivity index (χ2n) is 8.57. The zero-order chi connectivity index (χ0) is 24.9. The number of carbonyl (C=O) groups is 1. The van der Waals surface area contributed by atoms with Crippen LogP contribution in [-0.4, -0.2) is 52.1 Å². The molecule has 2 atom stereocenters. The molecule has 2 heterocycles. The Labute approximate surface area is 204 Å². The highest BCUT2D eigenvalue weighted by Gasteiger charge is 2.42. The molecule has 0 radical (unpaired) electrons. The Kier molecular flexibility index (Phi) is 7.41. The predicted molar refractivity (Wildman–Crippen MR) is 133 cm³/mol. The number of phenolic OH excluding ortho intramolecular Hbond substituents is 1. The number of amides is 1. The summed E-state index contributed by atoms with van der Waals surface area (Å²) >= 11 is 0. The molecule has 1 aliphatic heterocycles. The smallest absolute Gasteiger partial charge is 0.277 e. The average Bonchev–Trinajstić information content (AvgIpc) is 2.87. The molecule has 1 aliphatic rings. The van der Waals surface area contributed by atoms with Crippen LogP contribution in [0.1, 0.15) is 53.8 Å². The van der Waals surface area contributed by atoms with Crippen molar-refractivity contribution < 1.29 is 19.7 Å². The predicted octanol–water partition coefficient (Wildman–Crippen LogP) is 3.25. The highest BCUT2D eigenvalue weighted by Crippen LogP contribution is 2.38. The third-order valence-electron chi connectivity index (χ3n) is 6.30. The monoisotopic (exact) mass is 477 g/mol. The van der Waals surface area contributed by atoms with Gasteiger partial charge in [0.2, 0.25) is 5.43 Å². The number of phenols is 1. The van der Waals surface area contributed by atoms with Gasteiger partial charge in [-0.25, -0.2) is 0 Å². The van der Waals surface area contributed by atoms with Crippen molar-refractivity contribution in [1.29, 1.82) is 0 Å². The maximum atomic E-state index is 13.5. The molecule has 3 aromatic rings. The standard InChI is InChI=1S/C27H31N3O5/c1-3-4-18-35-26-22(33)14-16-29-25(26)27(34)28(2)23(15-17-31)30(29)24(19-10-6-5-7-11-19)20-12-8-9-13-21(20)32/h5-14,16,23-24,31-32H,3-4,15,17-18H2,1-2H3. The second-order valence-corrected chi connectivity index (χ2v) is 8.57. The van der Waals surface area contributed by atoms with E-state index in [-0.39, 0.29) is 41.6 Å². The molecular weight excluding hydrogens is 446 g/mol. The minimum Gasteiger partial charge on any atom is -0.508 e. The number of pyridine rings is 1. The van der Waals surface area contributed by atoms with Crippen molar-refractivity contribution in [3.63, 3.8) is 0 Å². The number of carbonyl (C=O) groups excluding carboxylic acids is 1. The van der Waals surface area contributed by atoms with Gasteiger partial charge < -0.3 is 19.8 Å². The quantitative estimate of drug-likeness (QED) is 0.460. The fraction of sp³-hybridized carbons (Fsp3) is 0.333. The lowest BCUT2D eigenvalue weighted by Gasteiger charge is -2.49. The summed E-state index contributed by atoms with van der Waals surface area (Å²) in [5, 5.41) is 22.7. The number of aromatic nitrogens is 1. The summed E-state index contributed by atoms with van der Waals surface area (Å²) in [6, 6.07) is 17.5. The van der Waals surface area contributed by atoms with E-state index in [1.165, 1.54) is 11.0 Å². The van der Waals surface area contributed by atoms with Crippen LogP contribution >= 0.6 is 0 Å². The highest BCUT2D eigenvalue weighted by molar-refractivity contribution is 5.96. The van der Waals surface area contributed by atoms with Crippen molar-refractivity contribution in [2.45, 2.75) is 38.4 Å². The lowest BCUT2D eigenvalue weighted by molar-refractivity contribution is 0.0576. The molecule has 8 nitrogen and oxygen atoms in total. The van der Waals surface area contributed by atoms with Crippen molar-refractivity contribution >= 4 is 5.91 Å². The number of para-hydroxylation sites is 1. The molecule has 0 fully saturated rings. The van der Waals surface area contributed by atoms with Gasteiger partial charge in [-0.1, -0.05) is 61.9 Å². The number of aliphatic hydroxyl groups is 1. The van der Waals surface area contributed by atoms with Gasteiger partial charge in [0.15, 0.2) is 11.4 Å². The SMILES string of the molecule is CCCCOc1c2n(ccc1=O)N(C(c1ccccc1)c1ccccc1O)C(CCO)N(C)C2=O. The number of aliphatic hydroxyl groups excluding tert-OH is 1. The third kappa shape index (κ3) is 4.61. The van der Waals surface area contributed by atoms with Gasteiger partial charge in [-0.15, -0.1) is 0 Å². The Hall–Kier alpha value is -3.78. The number of hydrogen-bond acceptors (Lipinski definition) is 6. The van der Waals surface area contributed by atoms with E-state index in [1.807, 2.05) is 54.4 Å². The van der Waals surface area contributed by atoms with Gasteiger partial charge in [0.1, 0.15) is 18.0 Å². The third-order valence-corrected chi connectivity index (χ3v) is 6.30. The van der Waals surface area contributed by atoms with E-state index in [0.717, 1.165) is 18.4 Å². The number of hydrogen-bond donors (Lipinski definition) is 2. The molecule has 1 amide bonds. The van der Waals surface area contributed by atoms with E-state index in [0.29, 0.717) is 12.2 Å². The molecule has 2 unspecified atom stereocenters. The summed E-state index contributed by atoms with van der Waals surface area (Å²) in [6.07, 6.45) is 2.90. The van der Waals surface area contributed by atoms with Crippen LogP contribution in [0.2, 0.25) is 0 Å². The van der Waals surface area contributed by atoms with Crippen LogP contribution in [0.5, 0.6) is 11.5 Å². The summed E-state index contributed by atoms with van der Waals surface area (Å²) in [5.41, 5.74) is 1.26. The molecule has 1 aromatic heterocycles. The maximum Gasteiger partial charge on any atom is 0.277 e. The Morgan fingerprint density at radius 2 is 1.74 bits per heavy atom. The fourth-order valence-electron chi connectivity index (χ4n) is 4.55. The number of fused-ring (bicyclic) bond motifs is 1. The first kappa shape index (κ1) is 24.3. The van der Waals surface area contributed by atoms with Crippen LogP contribution in [0.4, 0.5) is 0 Å². The van der Waals surface area contributed by atoms with Crippen molar-refractivity contribution in [2.24, 2.45) is 0 Å². The molecule has 2 aromatic carbocycles. The van der Waals surface area contributed by atoms with E-state index in [9.17, 15) is 19.8 Å². The molecule has 2 N–H and O–H groups in total. The first-order chi connectivity index (χ1) is 17.0. The second kappa shape index (κ2) is 10.7. The van der Waals surface area contributed by atoms with Crippen LogP contribution in [0.25, 0.3) is 0 Å². The van der Waals surface area contributed by atoms with Crippen LogP contribution in [0.15, 0.2) is 71.7 Å². The molecule has 4 rings (SSSR count). The topological polar surface area (TPSA) is 95.2 Å². The average molecular weight is 478 g/mol. The van der Waals surface area contributed by atoms with E-state index in [2.05, 4.69) is 0 Å². The van der Waals surface area contributed by atoms with Gasteiger partial charge in [0.05, 0.1) is 6.61 Å². The normalized spacial score (nSPS) is 16.2. The lowest BCUT2D eigenvalue weighted by atomic mass is 9.96. The molecule has 0 spiro atoms. The van der Waals surface area contributed by atoms with Gasteiger partial charge in [-0.2, -0.15) is 0 Å². The number of aromatic hydroxyl groups is 1. The Balaban J connectivity index is 1.98. The van der Waals surface area contributed by atoms with Gasteiger partial charge in [0.25, 0.3) is 5.91 Å². The van der Waals surface area contributed by atoms with Crippen molar-refractivity contribution in [3.8, 4) is 11.5 Å². The van der Waals surface area contributed by atoms with Gasteiger partial charge >= 0.3 is 0 Å². The molecule has 0 aliphatic carbocycles. The summed E-state index contributed by atoms with van der Waals surface area (Å²) in [7, 11) is 1.65. The van der Waals surface area contributed by atoms with E-state index < -0.39 is 12.2 Å². The fourth-order valence-corrected chi connectivity index (χ4v) is 4.55. The van der Waals surface area contributed by atoms with E-state index in [1.54, 1.807) is 30.1 Å². The number of ether oxygens (including phenoxy) is 1. The minimum absolute atomic E-state index is 0.00865. The summed E-state index contributed by atoms with van der Waals surface area (Å²) < 4.78 is 7.49. The molecule has 0 saturated heterocycles. The molecule has 0 bridgehead atoms. The Morgan fingerprint density at radius 3 is 2.43 bits per heavy atom. The summed E-state index contributed by atoms with van der Waals surface area (Å²) in [5.74, 6) is -0.256. The van der Waals surface area contributed by atoms with Crippen LogP contribution in [-0.2, 0) is 0 Å². The largest absolute Gasteiger partial charge is 0.508 e. The zero-order valence-electron chi connectivity index (χ0n) is 20.0. The van der Waals surface area contributed by atoms with Crippen molar-refractivity contribution in [2.75, 3.05) is 25.3 Å². The number of benzene rings is 2. The van der Waals surface area contributed by atoms with Crippen molar-refractivity contribution in [3.05, 3.63) is 93.9 Å². The maximum absolute atomic E-state index is 13.5. The van der Waals surface area contributed by atoms with E-state index >= 15 is 0 Å². The van der Waals surface area contributed by atoms with Crippen molar-refractivity contribution in [1.82, 2.24) is 9.58 Å². The highest BCUT2D eigenvalue weighted by atomic mass is 16.5. The zero-order valence-corrected chi connectivity index (χ0v) is 20.0. The van der Waals surface area contributed by atoms with Crippen LogP contribution in [0.3, 0.4) is 0 Å². The van der Waals surface area contributed by atoms with Gasteiger partial charge in [-0.3, -0.25) is 19.3 Å². The minimum atomic E-state index is -0.559. The summed E-state index contributed by atoms with van der Waals surface area (Å²) in [6.45, 7) is 2.19. The Bertz CT molecular complexity index is 1230. The van der Waals surface area contributed by atoms with E-state index in [4.69, 9.17) is 4.74 Å². The van der Waals surface area contributed by atoms with Gasteiger partial charge in [0, 0.05) is 37.9 Å². The molecule has 184 valence electrons. The summed E-state index contributed by atoms with van der Waals surface area (Å²) in [4.78, 5) is 27.9. The van der Waals surface area contributed by atoms with Gasteiger partial charge in [-0.05, 0) is 18.1 Å². The first-order valence-corrected chi connectivity index (χ1v) is 11.9. The number of nitrogens with zero attached hydrogens (tertiary/aromatic N) is 3. The molecule has 8 heteroatoms. The number of unbranched alkanes of at least 4 members (excludes halogenated alkanes) is 1. The molecule has 0 saturated carbocycles. The molecular formula is C27H31N3O5. The Morgan fingerprint density at radius 1 is 1.03 bits per heavy atom.